The van der Waals surface area contributed by atoms with Gasteiger partial charge in [-0.2, -0.15) is 0 Å². The van der Waals surface area contributed by atoms with Gasteiger partial charge in [-0.1, -0.05) is 25.7 Å². The topological polar surface area (TPSA) is 4.93 Å². The van der Waals surface area contributed by atoms with E-state index in [-0.39, 0.29) is 0 Å². The number of hydrogen-bond acceptors (Lipinski definition) is 0. The van der Waals surface area contributed by atoms with Gasteiger partial charge in [-0.25, -0.2) is 0 Å². The molecule has 0 aliphatic heterocycles. The van der Waals surface area contributed by atoms with Crippen molar-refractivity contribution in [1.29, 1.82) is 0 Å². The molecule has 1 nitrogen and oxygen atoms in total. The lowest BCUT2D eigenvalue weighted by atomic mass is 9.67. The van der Waals surface area contributed by atoms with E-state index in [1.165, 1.54) is 50.6 Å². The standard InChI is InChI=1S/C16H25N/c1-12-7-10-16(17(12)2)15-9-8-13-5-3-4-6-14(13)11-15/h7,10,13-15H,3-6,8-9,11H2,1-2H3. The second-order valence-corrected chi connectivity index (χ2v) is 6.27. The van der Waals surface area contributed by atoms with E-state index in [9.17, 15) is 0 Å². The van der Waals surface area contributed by atoms with Crippen LogP contribution in [-0.4, -0.2) is 4.57 Å². The predicted octanol–water partition coefficient (Wildman–Crippen LogP) is 4.41. The third-order valence-electron chi connectivity index (χ3n) is 5.37. The molecular formula is C16H25N. The molecule has 0 bridgehead atoms. The highest BCUT2D eigenvalue weighted by Gasteiger charge is 2.33. The first kappa shape index (κ1) is 11.4. The molecule has 3 atom stereocenters. The highest BCUT2D eigenvalue weighted by molar-refractivity contribution is 5.19. The zero-order chi connectivity index (χ0) is 11.8. The number of hydrogen-bond donors (Lipinski definition) is 0. The normalized spacial score (nSPS) is 33.4. The van der Waals surface area contributed by atoms with Crippen LogP contribution in [0, 0.1) is 18.8 Å². The summed E-state index contributed by atoms with van der Waals surface area (Å²) < 4.78 is 2.41. The molecule has 0 radical (unpaired) electrons. The monoisotopic (exact) mass is 231 g/mol. The van der Waals surface area contributed by atoms with Crippen molar-refractivity contribution >= 4 is 0 Å². The lowest BCUT2D eigenvalue weighted by Gasteiger charge is -2.39. The molecule has 1 heterocycles. The summed E-state index contributed by atoms with van der Waals surface area (Å²) in [5, 5.41) is 0. The minimum Gasteiger partial charge on any atom is -0.352 e. The quantitative estimate of drug-likeness (QED) is 0.675. The van der Waals surface area contributed by atoms with Crippen LogP contribution in [0.3, 0.4) is 0 Å². The van der Waals surface area contributed by atoms with E-state index in [1.807, 2.05) is 0 Å². The van der Waals surface area contributed by atoms with Crippen LogP contribution in [0.4, 0.5) is 0 Å². The molecule has 0 aromatic carbocycles. The summed E-state index contributed by atoms with van der Waals surface area (Å²) in [6.45, 7) is 2.22. The Hall–Kier alpha value is -0.720. The van der Waals surface area contributed by atoms with Gasteiger partial charge in [0.15, 0.2) is 0 Å². The van der Waals surface area contributed by atoms with E-state index in [2.05, 4.69) is 30.7 Å². The highest BCUT2D eigenvalue weighted by atomic mass is 15.0. The Morgan fingerprint density at radius 3 is 2.47 bits per heavy atom. The number of nitrogens with zero attached hydrogens (tertiary/aromatic N) is 1. The van der Waals surface area contributed by atoms with Crippen LogP contribution in [0.15, 0.2) is 12.1 Å². The number of aryl methyl sites for hydroxylation is 1. The van der Waals surface area contributed by atoms with Crippen LogP contribution >= 0.6 is 0 Å². The molecule has 17 heavy (non-hydrogen) atoms. The van der Waals surface area contributed by atoms with Crippen molar-refractivity contribution in [3.05, 3.63) is 23.5 Å². The lowest BCUT2D eigenvalue weighted by molar-refractivity contribution is 0.153. The van der Waals surface area contributed by atoms with Gasteiger partial charge in [0, 0.05) is 18.4 Å². The smallest absolute Gasteiger partial charge is 0.0205 e. The van der Waals surface area contributed by atoms with Crippen molar-refractivity contribution in [3.63, 3.8) is 0 Å². The van der Waals surface area contributed by atoms with Crippen LogP contribution in [0.5, 0.6) is 0 Å². The van der Waals surface area contributed by atoms with Crippen LogP contribution in [-0.2, 0) is 7.05 Å². The molecule has 2 saturated carbocycles. The minimum atomic E-state index is 0.841. The molecule has 2 aliphatic carbocycles. The van der Waals surface area contributed by atoms with Crippen LogP contribution in [0.25, 0.3) is 0 Å². The Morgan fingerprint density at radius 2 is 1.76 bits per heavy atom. The van der Waals surface area contributed by atoms with E-state index in [1.54, 1.807) is 5.69 Å². The van der Waals surface area contributed by atoms with Crippen LogP contribution in [0.1, 0.15) is 62.3 Å². The predicted molar refractivity (Wildman–Crippen MR) is 72.2 cm³/mol. The molecule has 1 heteroatoms. The zero-order valence-corrected chi connectivity index (χ0v) is 11.3. The molecule has 3 unspecified atom stereocenters. The number of aromatic nitrogens is 1. The first-order valence-electron chi connectivity index (χ1n) is 7.38. The van der Waals surface area contributed by atoms with E-state index >= 15 is 0 Å². The summed E-state index contributed by atoms with van der Waals surface area (Å²) >= 11 is 0. The molecule has 1 aromatic heterocycles. The van der Waals surface area contributed by atoms with E-state index < -0.39 is 0 Å². The Bertz CT molecular complexity index is 390. The molecular weight excluding hydrogens is 206 g/mol. The summed E-state index contributed by atoms with van der Waals surface area (Å²) in [7, 11) is 2.23. The molecule has 2 aliphatic rings. The molecule has 0 N–H and O–H groups in total. The van der Waals surface area contributed by atoms with Gasteiger partial charge in [0.05, 0.1) is 0 Å². The van der Waals surface area contributed by atoms with Crippen molar-refractivity contribution in [2.45, 2.75) is 57.8 Å². The average molecular weight is 231 g/mol. The maximum atomic E-state index is 2.41. The maximum absolute atomic E-state index is 2.41. The molecule has 0 amide bonds. The van der Waals surface area contributed by atoms with Gasteiger partial charge in [0.2, 0.25) is 0 Å². The third-order valence-corrected chi connectivity index (χ3v) is 5.37. The number of rotatable bonds is 1. The molecule has 2 fully saturated rings. The number of fused-ring (bicyclic) bond motifs is 1. The van der Waals surface area contributed by atoms with Crippen LogP contribution in [0.2, 0.25) is 0 Å². The second kappa shape index (κ2) is 4.51. The molecule has 0 saturated heterocycles. The second-order valence-electron chi connectivity index (χ2n) is 6.27. The summed E-state index contributed by atoms with van der Waals surface area (Å²) in [6.07, 6.45) is 10.4. The summed E-state index contributed by atoms with van der Waals surface area (Å²) in [4.78, 5) is 0. The van der Waals surface area contributed by atoms with Gasteiger partial charge in [-0.15, -0.1) is 0 Å². The van der Waals surface area contributed by atoms with E-state index in [0.717, 1.165) is 17.8 Å². The first-order valence-corrected chi connectivity index (χ1v) is 7.38. The highest BCUT2D eigenvalue weighted by Crippen LogP contribution is 2.46. The fourth-order valence-corrected chi connectivity index (χ4v) is 4.19. The van der Waals surface area contributed by atoms with E-state index in [4.69, 9.17) is 0 Å². The summed E-state index contributed by atoms with van der Waals surface area (Å²) in [5.74, 6) is 2.95. The zero-order valence-electron chi connectivity index (χ0n) is 11.3. The molecule has 0 spiro atoms. The van der Waals surface area contributed by atoms with E-state index in [0.29, 0.717) is 0 Å². The Labute approximate surface area is 105 Å². The van der Waals surface area contributed by atoms with Crippen molar-refractivity contribution in [2.75, 3.05) is 0 Å². The van der Waals surface area contributed by atoms with Crippen LogP contribution < -0.4 is 0 Å². The van der Waals surface area contributed by atoms with Crippen molar-refractivity contribution in [1.82, 2.24) is 4.57 Å². The minimum absolute atomic E-state index is 0.841. The average Bonchev–Trinajstić information content (AvgIpc) is 2.70. The van der Waals surface area contributed by atoms with Gasteiger partial charge < -0.3 is 4.57 Å². The van der Waals surface area contributed by atoms with Gasteiger partial charge in [0.1, 0.15) is 0 Å². The van der Waals surface area contributed by atoms with Gasteiger partial charge in [-0.3, -0.25) is 0 Å². The summed E-state index contributed by atoms with van der Waals surface area (Å²) in [5.41, 5.74) is 3.00. The Balaban J connectivity index is 1.75. The van der Waals surface area contributed by atoms with Gasteiger partial charge in [-0.05, 0) is 56.1 Å². The van der Waals surface area contributed by atoms with Gasteiger partial charge >= 0.3 is 0 Å². The Morgan fingerprint density at radius 1 is 1.00 bits per heavy atom. The fourth-order valence-electron chi connectivity index (χ4n) is 4.19. The maximum Gasteiger partial charge on any atom is 0.0205 e. The van der Waals surface area contributed by atoms with Gasteiger partial charge in [0.25, 0.3) is 0 Å². The molecule has 3 rings (SSSR count). The SMILES string of the molecule is Cc1ccc(C2CCC3CCCCC3C2)n1C. The molecule has 1 aromatic rings. The largest absolute Gasteiger partial charge is 0.352 e. The lowest BCUT2D eigenvalue weighted by Crippen LogP contribution is -2.27. The van der Waals surface area contributed by atoms with Crippen molar-refractivity contribution < 1.29 is 0 Å². The third kappa shape index (κ3) is 2.05. The Kier molecular flexibility index (Phi) is 3.02. The first-order chi connectivity index (χ1) is 8.25. The van der Waals surface area contributed by atoms with Crippen molar-refractivity contribution in [2.24, 2.45) is 18.9 Å². The fraction of sp³-hybridized carbons (Fsp3) is 0.750. The summed E-state index contributed by atoms with van der Waals surface area (Å²) in [6, 6.07) is 4.64. The molecule has 94 valence electrons. The van der Waals surface area contributed by atoms with Crippen molar-refractivity contribution in [3.8, 4) is 0 Å².